The molecule has 0 aliphatic carbocycles. The molecule has 0 saturated carbocycles. The molecule has 0 aliphatic heterocycles. The molecule has 3 nitrogen and oxygen atoms in total. The highest BCUT2D eigenvalue weighted by Crippen LogP contribution is 2.28. The molecule has 1 aromatic heterocycles. The van der Waals surface area contributed by atoms with Crippen molar-refractivity contribution in [1.29, 1.82) is 0 Å². The van der Waals surface area contributed by atoms with E-state index in [4.69, 9.17) is 34.8 Å². The Kier molecular flexibility index (Phi) is 4.97. The molecular formula is C14H16Cl3N3. The molecular weight excluding hydrogens is 317 g/mol. The summed E-state index contributed by atoms with van der Waals surface area (Å²) in [5, 5.41) is 9.52. The first kappa shape index (κ1) is 15.6. The van der Waals surface area contributed by atoms with E-state index in [2.05, 4.69) is 10.4 Å². The number of hydrogen-bond donors (Lipinski definition) is 1. The van der Waals surface area contributed by atoms with E-state index in [0.29, 0.717) is 15.2 Å². The van der Waals surface area contributed by atoms with Gasteiger partial charge in [0.05, 0.1) is 5.69 Å². The van der Waals surface area contributed by atoms with Crippen LogP contribution in [0.25, 0.3) is 0 Å². The number of nitrogens with one attached hydrogen (secondary N) is 1. The van der Waals surface area contributed by atoms with Gasteiger partial charge in [-0.05, 0) is 44.2 Å². The van der Waals surface area contributed by atoms with Crippen LogP contribution < -0.4 is 5.32 Å². The monoisotopic (exact) mass is 331 g/mol. The number of halogens is 3. The maximum Gasteiger partial charge on any atom is 0.130 e. The van der Waals surface area contributed by atoms with Crippen LogP contribution in [-0.2, 0) is 13.5 Å². The largest absolute Gasteiger partial charge is 0.313 e. The van der Waals surface area contributed by atoms with Gasteiger partial charge in [-0.1, -0.05) is 34.8 Å². The Hall–Kier alpha value is -0.740. The van der Waals surface area contributed by atoms with Crippen LogP contribution in [0, 0.1) is 6.92 Å². The molecule has 0 fully saturated rings. The molecule has 0 saturated heterocycles. The SMILES string of the molecule is CNC(Cc1c(C)nn(C)c1Cl)c1cc(Cl)cc(Cl)c1. The van der Waals surface area contributed by atoms with Crippen LogP contribution in [0.1, 0.15) is 22.9 Å². The Bertz CT molecular complexity index is 602. The van der Waals surface area contributed by atoms with E-state index >= 15 is 0 Å². The lowest BCUT2D eigenvalue weighted by Crippen LogP contribution is -2.19. The van der Waals surface area contributed by atoms with Crippen molar-refractivity contribution >= 4 is 34.8 Å². The van der Waals surface area contributed by atoms with Gasteiger partial charge in [0, 0.05) is 28.7 Å². The molecule has 1 atom stereocenters. The van der Waals surface area contributed by atoms with E-state index in [0.717, 1.165) is 23.2 Å². The van der Waals surface area contributed by atoms with Gasteiger partial charge in [0.15, 0.2) is 0 Å². The summed E-state index contributed by atoms with van der Waals surface area (Å²) in [5.74, 6) is 0. The average Bonchev–Trinajstić information content (AvgIpc) is 2.60. The molecule has 0 amide bonds. The van der Waals surface area contributed by atoms with Gasteiger partial charge in [-0.15, -0.1) is 0 Å². The molecule has 0 aliphatic rings. The molecule has 2 aromatic rings. The topological polar surface area (TPSA) is 29.9 Å². The van der Waals surface area contributed by atoms with Crippen molar-refractivity contribution in [2.24, 2.45) is 7.05 Å². The van der Waals surface area contributed by atoms with Crippen LogP contribution in [0.2, 0.25) is 15.2 Å². The summed E-state index contributed by atoms with van der Waals surface area (Å²) >= 11 is 18.4. The zero-order valence-electron chi connectivity index (χ0n) is 11.5. The molecule has 0 radical (unpaired) electrons. The van der Waals surface area contributed by atoms with Crippen molar-refractivity contribution in [3.63, 3.8) is 0 Å². The van der Waals surface area contributed by atoms with E-state index < -0.39 is 0 Å². The van der Waals surface area contributed by atoms with Crippen molar-refractivity contribution in [3.8, 4) is 0 Å². The van der Waals surface area contributed by atoms with Gasteiger partial charge in [-0.25, -0.2) is 0 Å². The summed E-state index contributed by atoms with van der Waals surface area (Å²) in [6.07, 6.45) is 0.728. The number of likely N-dealkylation sites (N-methyl/N-ethyl adjacent to an activating group) is 1. The number of hydrogen-bond acceptors (Lipinski definition) is 2. The minimum Gasteiger partial charge on any atom is -0.313 e. The summed E-state index contributed by atoms with van der Waals surface area (Å²) in [5.41, 5.74) is 3.00. The number of aromatic nitrogens is 2. The normalized spacial score (nSPS) is 12.7. The average molecular weight is 333 g/mol. The van der Waals surface area contributed by atoms with Crippen LogP contribution >= 0.6 is 34.8 Å². The number of nitrogens with zero attached hydrogens (tertiary/aromatic N) is 2. The predicted molar refractivity (Wildman–Crippen MR) is 84.9 cm³/mol. The van der Waals surface area contributed by atoms with Gasteiger partial charge in [0.25, 0.3) is 0 Å². The predicted octanol–water partition coefficient (Wildman–Crippen LogP) is 4.19. The molecule has 1 unspecified atom stereocenters. The van der Waals surface area contributed by atoms with Crippen molar-refractivity contribution in [2.45, 2.75) is 19.4 Å². The van der Waals surface area contributed by atoms with Gasteiger partial charge < -0.3 is 5.32 Å². The molecule has 0 bridgehead atoms. The smallest absolute Gasteiger partial charge is 0.130 e. The number of rotatable bonds is 4. The summed E-state index contributed by atoms with van der Waals surface area (Å²) in [4.78, 5) is 0. The van der Waals surface area contributed by atoms with Crippen LogP contribution in [0.4, 0.5) is 0 Å². The van der Waals surface area contributed by atoms with E-state index in [-0.39, 0.29) is 6.04 Å². The minimum absolute atomic E-state index is 0.0756. The summed E-state index contributed by atoms with van der Waals surface area (Å²) in [7, 11) is 3.74. The second-order valence-corrected chi connectivity index (χ2v) is 5.96. The maximum absolute atomic E-state index is 6.29. The molecule has 20 heavy (non-hydrogen) atoms. The van der Waals surface area contributed by atoms with Crippen molar-refractivity contribution in [2.75, 3.05) is 7.05 Å². The molecule has 108 valence electrons. The highest BCUT2D eigenvalue weighted by molar-refractivity contribution is 6.34. The van der Waals surface area contributed by atoms with Crippen LogP contribution in [0.5, 0.6) is 0 Å². The number of benzene rings is 1. The second-order valence-electron chi connectivity index (χ2n) is 4.73. The highest BCUT2D eigenvalue weighted by atomic mass is 35.5. The summed E-state index contributed by atoms with van der Waals surface area (Å²) < 4.78 is 1.68. The lowest BCUT2D eigenvalue weighted by atomic mass is 9.99. The minimum atomic E-state index is 0.0756. The van der Waals surface area contributed by atoms with E-state index in [1.807, 2.05) is 33.2 Å². The Morgan fingerprint density at radius 2 is 1.80 bits per heavy atom. The van der Waals surface area contributed by atoms with Crippen LogP contribution in [-0.4, -0.2) is 16.8 Å². The first-order chi connectivity index (χ1) is 9.42. The highest BCUT2D eigenvalue weighted by Gasteiger charge is 2.18. The van der Waals surface area contributed by atoms with Gasteiger partial charge >= 0.3 is 0 Å². The van der Waals surface area contributed by atoms with Gasteiger partial charge in [0.2, 0.25) is 0 Å². The van der Waals surface area contributed by atoms with Gasteiger partial charge in [-0.2, -0.15) is 5.10 Å². The van der Waals surface area contributed by atoms with Crippen LogP contribution in [0.15, 0.2) is 18.2 Å². The molecule has 1 heterocycles. The standard InChI is InChI=1S/C14H16Cl3N3/c1-8-12(14(17)20(3)19-8)7-13(18-2)9-4-10(15)6-11(16)5-9/h4-6,13,18H,7H2,1-3H3. The first-order valence-corrected chi connectivity index (χ1v) is 7.37. The molecule has 6 heteroatoms. The van der Waals surface area contributed by atoms with Crippen molar-refractivity contribution in [3.05, 3.63) is 50.2 Å². The third-order valence-corrected chi connectivity index (χ3v) is 4.22. The Morgan fingerprint density at radius 1 is 1.20 bits per heavy atom. The van der Waals surface area contributed by atoms with Gasteiger partial charge in [-0.3, -0.25) is 4.68 Å². The van der Waals surface area contributed by atoms with Crippen LogP contribution in [0.3, 0.4) is 0 Å². The molecule has 1 aromatic carbocycles. The Morgan fingerprint density at radius 3 is 2.25 bits per heavy atom. The Balaban J connectivity index is 2.33. The number of aryl methyl sites for hydroxylation is 2. The lowest BCUT2D eigenvalue weighted by molar-refractivity contribution is 0.590. The molecule has 2 rings (SSSR count). The Labute approximate surface area is 133 Å². The fraction of sp³-hybridized carbons (Fsp3) is 0.357. The zero-order chi connectivity index (χ0) is 14.9. The third kappa shape index (κ3) is 3.29. The fourth-order valence-electron chi connectivity index (χ4n) is 2.27. The quantitative estimate of drug-likeness (QED) is 0.909. The first-order valence-electron chi connectivity index (χ1n) is 6.23. The fourth-order valence-corrected chi connectivity index (χ4v) is 3.07. The third-order valence-electron chi connectivity index (χ3n) is 3.31. The van der Waals surface area contributed by atoms with Crippen molar-refractivity contribution in [1.82, 2.24) is 15.1 Å². The van der Waals surface area contributed by atoms with Crippen molar-refractivity contribution < 1.29 is 0 Å². The zero-order valence-corrected chi connectivity index (χ0v) is 13.8. The van der Waals surface area contributed by atoms with E-state index in [1.54, 1.807) is 10.7 Å². The van der Waals surface area contributed by atoms with Gasteiger partial charge in [0.1, 0.15) is 5.15 Å². The second kappa shape index (κ2) is 6.35. The van der Waals surface area contributed by atoms with E-state index in [1.165, 1.54) is 0 Å². The lowest BCUT2D eigenvalue weighted by Gasteiger charge is -2.17. The molecule has 1 N–H and O–H groups in total. The summed E-state index contributed by atoms with van der Waals surface area (Å²) in [6.45, 7) is 1.96. The molecule has 0 spiro atoms. The van der Waals surface area contributed by atoms with E-state index in [9.17, 15) is 0 Å². The summed E-state index contributed by atoms with van der Waals surface area (Å²) in [6, 6.07) is 5.62. The maximum atomic E-state index is 6.29.